The van der Waals surface area contributed by atoms with Crippen LogP contribution in [0.2, 0.25) is 0 Å². The van der Waals surface area contributed by atoms with Gasteiger partial charge in [-0.25, -0.2) is 0 Å². The Balaban J connectivity index is 1.03. The third-order valence-corrected chi connectivity index (χ3v) is 7.75. The number of rotatable bonds is 8. The molecule has 2 unspecified atom stereocenters. The highest BCUT2D eigenvalue weighted by Crippen LogP contribution is 2.26. The van der Waals surface area contributed by atoms with Gasteiger partial charge in [-0.2, -0.15) is 4.98 Å². The molecule has 2 atom stereocenters. The number of methoxy groups -OCH3 is 1. The van der Waals surface area contributed by atoms with Crippen LogP contribution in [0.5, 0.6) is 5.75 Å². The first kappa shape index (κ1) is 24.1. The molecule has 3 saturated heterocycles. The van der Waals surface area contributed by atoms with Crippen LogP contribution < -0.4 is 20.3 Å². The number of anilines is 1. The van der Waals surface area contributed by atoms with E-state index in [0.29, 0.717) is 17.8 Å². The Morgan fingerprint density at radius 2 is 1.97 bits per heavy atom. The summed E-state index contributed by atoms with van der Waals surface area (Å²) in [6.45, 7) is 8.09. The minimum atomic E-state index is 0.0565. The highest BCUT2D eigenvalue weighted by Gasteiger charge is 2.29. The van der Waals surface area contributed by atoms with Gasteiger partial charge in [0.1, 0.15) is 5.75 Å². The van der Waals surface area contributed by atoms with Gasteiger partial charge in [0.15, 0.2) is 0 Å². The Morgan fingerprint density at radius 1 is 1.14 bits per heavy atom. The second-order valence-electron chi connectivity index (χ2n) is 10.3. The van der Waals surface area contributed by atoms with Gasteiger partial charge >= 0.3 is 6.01 Å². The van der Waals surface area contributed by atoms with E-state index in [1.54, 1.807) is 7.11 Å². The number of likely N-dealkylation sites (tertiary alicyclic amines) is 1. The Kier molecular flexibility index (Phi) is 7.83. The normalized spacial score (nSPS) is 24.0. The van der Waals surface area contributed by atoms with Crippen molar-refractivity contribution < 1.29 is 14.1 Å². The molecule has 1 aromatic heterocycles. The Hall–Kier alpha value is -2.65. The van der Waals surface area contributed by atoms with Crippen LogP contribution in [-0.4, -0.2) is 80.4 Å². The van der Waals surface area contributed by atoms with E-state index in [9.17, 15) is 4.79 Å². The molecule has 190 valence electrons. The van der Waals surface area contributed by atoms with Crippen LogP contribution in [0.25, 0.3) is 11.4 Å². The summed E-state index contributed by atoms with van der Waals surface area (Å²) >= 11 is 0. The van der Waals surface area contributed by atoms with Gasteiger partial charge in [-0.15, -0.1) is 0 Å². The van der Waals surface area contributed by atoms with E-state index in [1.807, 2.05) is 24.3 Å². The van der Waals surface area contributed by atoms with Gasteiger partial charge in [0.2, 0.25) is 11.7 Å². The van der Waals surface area contributed by atoms with E-state index in [-0.39, 0.29) is 11.8 Å². The van der Waals surface area contributed by atoms with Crippen LogP contribution >= 0.6 is 0 Å². The topological polar surface area (TPSA) is 95.8 Å². The minimum absolute atomic E-state index is 0.0565. The van der Waals surface area contributed by atoms with Crippen molar-refractivity contribution in [1.29, 1.82) is 0 Å². The molecule has 0 radical (unpaired) electrons. The molecule has 3 aliphatic heterocycles. The number of nitrogens with one attached hydrogen (secondary N) is 2. The van der Waals surface area contributed by atoms with E-state index in [2.05, 4.69) is 30.6 Å². The van der Waals surface area contributed by atoms with E-state index in [4.69, 9.17) is 9.26 Å². The maximum absolute atomic E-state index is 12.8. The smallest absolute Gasteiger partial charge is 0.324 e. The van der Waals surface area contributed by atoms with Crippen LogP contribution in [0.4, 0.5) is 6.01 Å². The molecule has 4 heterocycles. The van der Waals surface area contributed by atoms with Crippen molar-refractivity contribution in [1.82, 2.24) is 25.7 Å². The molecule has 0 spiro atoms. The van der Waals surface area contributed by atoms with Gasteiger partial charge in [0.05, 0.1) is 7.11 Å². The van der Waals surface area contributed by atoms with Gasteiger partial charge in [-0.3, -0.25) is 4.79 Å². The van der Waals surface area contributed by atoms with Crippen molar-refractivity contribution in [2.45, 2.75) is 32.1 Å². The second-order valence-corrected chi connectivity index (χ2v) is 10.3. The molecule has 35 heavy (non-hydrogen) atoms. The lowest BCUT2D eigenvalue weighted by atomic mass is 9.96. The number of piperidine rings is 2. The molecule has 3 aliphatic rings. The third-order valence-electron chi connectivity index (χ3n) is 7.75. The SMILES string of the molecule is COc1ccc(-c2noc(N3CCC(C(=O)NCC4CCN(CC5CCCNC5)C4)CC3)n2)cc1. The van der Waals surface area contributed by atoms with Gasteiger partial charge in [-0.1, -0.05) is 5.16 Å². The Bertz CT molecular complexity index is 950. The lowest BCUT2D eigenvalue weighted by Crippen LogP contribution is -2.42. The van der Waals surface area contributed by atoms with E-state index < -0.39 is 0 Å². The number of hydrogen-bond donors (Lipinski definition) is 2. The second kappa shape index (κ2) is 11.4. The van der Waals surface area contributed by atoms with Crippen LogP contribution in [0.15, 0.2) is 28.8 Å². The monoisotopic (exact) mass is 482 g/mol. The fourth-order valence-electron chi connectivity index (χ4n) is 5.61. The third kappa shape index (κ3) is 6.13. The van der Waals surface area contributed by atoms with Crippen LogP contribution in [0.3, 0.4) is 0 Å². The quantitative estimate of drug-likeness (QED) is 0.592. The van der Waals surface area contributed by atoms with Gasteiger partial charge in [-0.05, 0) is 87.8 Å². The summed E-state index contributed by atoms with van der Waals surface area (Å²) in [5.74, 6) is 2.97. The molecule has 0 bridgehead atoms. The minimum Gasteiger partial charge on any atom is -0.497 e. The standard InChI is InChI=1S/C26H38N6O3/c1-34-23-6-4-21(5-7-23)24-29-26(35-30-24)32-13-9-22(10-14-32)25(33)28-16-20-8-12-31(18-20)17-19-3-2-11-27-15-19/h4-7,19-20,22,27H,2-3,8-18H2,1H3,(H,28,33). The summed E-state index contributed by atoms with van der Waals surface area (Å²) in [5.41, 5.74) is 0.885. The number of aromatic nitrogens is 2. The summed E-state index contributed by atoms with van der Waals surface area (Å²) < 4.78 is 10.7. The zero-order valence-corrected chi connectivity index (χ0v) is 20.7. The van der Waals surface area contributed by atoms with Crippen molar-refractivity contribution in [2.75, 3.05) is 64.4 Å². The summed E-state index contributed by atoms with van der Waals surface area (Å²) in [6, 6.07) is 8.12. The van der Waals surface area contributed by atoms with Crippen molar-refractivity contribution in [3.05, 3.63) is 24.3 Å². The summed E-state index contributed by atoms with van der Waals surface area (Å²) in [7, 11) is 1.64. The zero-order chi connectivity index (χ0) is 24.0. The largest absolute Gasteiger partial charge is 0.497 e. The van der Waals surface area contributed by atoms with Crippen molar-refractivity contribution in [3.63, 3.8) is 0 Å². The van der Waals surface area contributed by atoms with Crippen molar-refractivity contribution in [2.24, 2.45) is 17.8 Å². The van der Waals surface area contributed by atoms with E-state index in [1.165, 1.54) is 32.4 Å². The molecular weight excluding hydrogens is 444 g/mol. The molecule has 2 aromatic rings. The summed E-state index contributed by atoms with van der Waals surface area (Å²) in [5, 5.41) is 10.9. The van der Waals surface area contributed by atoms with Gasteiger partial charge in [0.25, 0.3) is 0 Å². The number of carbonyl (C=O) groups excluding carboxylic acids is 1. The first-order valence-electron chi connectivity index (χ1n) is 13.1. The van der Waals surface area contributed by atoms with Crippen molar-refractivity contribution in [3.8, 4) is 17.1 Å². The average Bonchev–Trinajstić information content (AvgIpc) is 3.58. The number of nitrogens with zero attached hydrogens (tertiary/aromatic N) is 4. The molecule has 2 N–H and O–H groups in total. The lowest BCUT2D eigenvalue weighted by Gasteiger charge is -2.30. The summed E-state index contributed by atoms with van der Waals surface area (Å²) in [4.78, 5) is 22.1. The van der Waals surface area contributed by atoms with Crippen LogP contribution in [0, 0.1) is 17.8 Å². The van der Waals surface area contributed by atoms with Crippen molar-refractivity contribution >= 4 is 11.9 Å². The first-order chi connectivity index (χ1) is 17.2. The van der Waals surface area contributed by atoms with Crippen LogP contribution in [0.1, 0.15) is 32.1 Å². The predicted octanol–water partition coefficient (Wildman–Crippen LogP) is 2.40. The maximum Gasteiger partial charge on any atom is 0.324 e. The van der Waals surface area contributed by atoms with Crippen LogP contribution in [-0.2, 0) is 4.79 Å². The number of ether oxygens (including phenoxy) is 1. The molecule has 9 heteroatoms. The fourth-order valence-corrected chi connectivity index (χ4v) is 5.61. The molecule has 1 aromatic carbocycles. The zero-order valence-electron chi connectivity index (χ0n) is 20.7. The van der Waals surface area contributed by atoms with Gasteiger partial charge in [0, 0.05) is 44.2 Å². The molecule has 3 fully saturated rings. The number of amides is 1. The molecular formula is C26H38N6O3. The van der Waals surface area contributed by atoms with E-state index >= 15 is 0 Å². The molecule has 9 nitrogen and oxygen atoms in total. The lowest BCUT2D eigenvalue weighted by molar-refractivity contribution is -0.125. The highest BCUT2D eigenvalue weighted by atomic mass is 16.5. The molecule has 0 aliphatic carbocycles. The molecule has 0 saturated carbocycles. The first-order valence-corrected chi connectivity index (χ1v) is 13.1. The molecule has 5 rings (SSSR count). The van der Waals surface area contributed by atoms with E-state index in [0.717, 1.165) is 69.3 Å². The number of benzene rings is 1. The Labute approximate surface area is 207 Å². The highest BCUT2D eigenvalue weighted by molar-refractivity contribution is 5.79. The Morgan fingerprint density at radius 3 is 2.71 bits per heavy atom. The number of hydrogen-bond acceptors (Lipinski definition) is 8. The summed E-state index contributed by atoms with van der Waals surface area (Å²) in [6.07, 6.45) is 5.44. The number of carbonyl (C=O) groups is 1. The fraction of sp³-hybridized carbons (Fsp3) is 0.654. The average molecular weight is 483 g/mol. The van der Waals surface area contributed by atoms with Gasteiger partial charge < -0.3 is 29.7 Å². The predicted molar refractivity (Wildman–Crippen MR) is 134 cm³/mol. The maximum atomic E-state index is 12.8. The molecule has 1 amide bonds.